The summed E-state index contributed by atoms with van der Waals surface area (Å²) in [4.78, 5) is 12.4. The number of aryl methyl sites for hydroxylation is 2. The second-order valence-corrected chi connectivity index (χ2v) is 6.88. The maximum Gasteiger partial charge on any atom is 0.234 e. The number of benzene rings is 2. The fourth-order valence-corrected chi connectivity index (χ4v) is 3.45. The van der Waals surface area contributed by atoms with Crippen LogP contribution >= 0.6 is 11.8 Å². The summed E-state index contributed by atoms with van der Waals surface area (Å²) in [6.07, 6.45) is 0.764. The number of hydrogen-bond donors (Lipinski definition) is 1. The van der Waals surface area contributed by atoms with E-state index in [4.69, 9.17) is 4.74 Å². The van der Waals surface area contributed by atoms with E-state index in [2.05, 4.69) is 15.5 Å². The van der Waals surface area contributed by atoms with Crippen LogP contribution < -0.4 is 10.1 Å². The first-order valence-electron chi connectivity index (χ1n) is 8.69. The normalized spacial score (nSPS) is 10.6. The number of rotatable bonds is 7. The Morgan fingerprint density at radius 2 is 1.96 bits per heavy atom. The topological polar surface area (TPSA) is 69.0 Å². The molecule has 1 amide bonds. The van der Waals surface area contributed by atoms with Crippen molar-refractivity contribution < 1.29 is 9.53 Å². The number of nitrogens with one attached hydrogen (secondary N) is 1. The molecule has 0 fully saturated rings. The van der Waals surface area contributed by atoms with Gasteiger partial charge in [-0.2, -0.15) is 0 Å². The molecule has 0 atom stereocenters. The van der Waals surface area contributed by atoms with Gasteiger partial charge in [-0.15, -0.1) is 10.2 Å². The Labute approximate surface area is 163 Å². The second kappa shape index (κ2) is 8.73. The molecule has 0 unspecified atom stereocenters. The summed E-state index contributed by atoms with van der Waals surface area (Å²) in [5, 5.41) is 12.2. The molecule has 0 saturated carbocycles. The zero-order valence-corrected chi connectivity index (χ0v) is 16.4. The minimum absolute atomic E-state index is 0.0890. The molecule has 0 spiro atoms. The molecule has 1 aromatic heterocycles. The van der Waals surface area contributed by atoms with E-state index in [-0.39, 0.29) is 11.7 Å². The number of carbonyl (C=O) groups is 1. The SMILES string of the molecule is CCc1nnc(SCC(=O)Nc2ccc(OC)cc2C)n1-c1ccccc1. The smallest absolute Gasteiger partial charge is 0.234 e. The predicted octanol–water partition coefficient (Wildman–Crippen LogP) is 3.88. The Bertz CT molecular complexity index is 925. The minimum atomic E-state index is -0.0890. The van der Waals surface area contributed by atoms with Crippen molar-refractivity contribution in [1.29, 1.82) is 0 Å². The predicted molar refractivity (Wildman–Crippen MR) is 108 cm³/mol. The third kappa shape index (κ3) is 4.49. The zero-order valence-electron chi connectivity index (χ0n) is 15.6. The van der Waals surface area contributed by atoms with E-state index in [1.165, 1.54) is 11.8 Å². The van der Waals surface area contributed by atoms with Gasteiger partial charge in [-0.3, -0.25) is 9.36 Å². The zero-order chi connectivity index (χ0) is 19.2. The van der Waals surface area contributed by atoms with Gasteiger partial charge in [-0.05, 0) is 42.8 Å². The van der Waals surface area contributed by atoms with Crippen molar-refractivity contribution in [2.24, 2.45) is 0 Å². The van der Waals surface area contributed by atoms with Crippen molar-refractivity contribution >= 4 is 23.4 Å². The molecule has 0 aliphatic rings. The molecule has 0 bridgehead atoms. The molecule has 6 nitrogen and oxygen atoms in total. The Kier molecular flexibility index (Phi) is 6.13. The van der Waals surface area contributed by atoms with Gasteiger partial charge in [-0.25, -0.2) is 0 Å². The molecule has 0 saturated heterocycles. The summed E-state index contributed by atoms with van der Waals surface area (Å²) >= 11 is 1.37. The van der Waals surface area contributed by atoms with Crippen molar-refractivity contribution in [2.45, 2.75) is 25.4 Å². The number of thioether (sulfide) groups is 1. The van der Waals surface area contributed by atoms with E-state index in [0.717, 1.165) is 34.9 Å². The van der Waals surface area contributed by atoms with Gasteiger partial charge >= 0.3 is 0 Å². The lowest BCUT2D eigenvalue weighted by molar-refractivity contribution is -0.113. The summed E-state index contributed by atoms with van der Waals surface area (Å²) in [5.41, 5.74) is 2.72. The minimum Gasteiger partial charge on any atom is -0.497 e. The molecule has 27 heavy (non-hydrogen) atoms. The fourth-order valence-electron chi connectivity index (χ4n) is 2.68. The quantitative estimate of drug-likeness (QED) is 0.628. The van der Waals surface area contributed by atoms with Crippen LogP contribution in [0.25, 0.3) is 5.69 Å². The highest BCUT2D eigenvalue weighted by molar-refractivity contribution is 7.99. The monoisotopic (exact) mass is 382 g/mol. The Morgan fingerprint density at radius 1 is 1.19 bits per heavy atom. The molecule has 3 aromatic rings. The van der Waals surface area contributed by atoms with Gasteiger partial charge in [0.05, 0.1) is 12.9 Å². The molecule has 3 rings (SSSR count). The average Bonchev–Trinajstić information content (AvgIpc) is 3.11. The van der Waals surface area contributed by atoms with E-state index < -0.39 is 0 Å². The standard InChI is InChI=1S/C20H22N4O2S/c1-4-18-22-23-20(24(18)15-8-6-5-7-9-15)27-13-19(25)21-17-11-10-16(26-3)12-14(17)2/h5-12H,4,13H2,1-3H3,(H,21,25). The number of para-hydroxylation sites is 1. The third-order valence-corrected chi connectivity index (χ3v) is 5.00. The highest BCUT2D eigenvalue weighted by Crippen LogP contribution is 2.24. The summed E-state index contributed by atoms with van der Waals surface area (Å²) in [7, 11) is 1.62. The molecule has 7 heteroatoms. The van der Waals surface area contributed by atoms with Gasteiger partial charge in [-0.1, -0.05) is 36.9 Å². The molecule has 0 aliphatic carbocycles. The summed E-state index contributed by atoms with van der Waals surface area (Å²) in [6.45, 7) is 3.97. The molecular weight excluding hydrogens is 360 g/mol. The first-order chi connectivity index (χ1) is 13.1. The lowest BCUT2D eigenvalue weighted by Crippen LogP contribution is -2.15. The number of anilines is 1. The number of methoxy groups -OCH3 is 1. The number of amides is 1. The molecule has 140 valence electrons. The van der Waals surface area contributed by atoms with E-state index in [9.17, 15) is 4.79 Å². The molecule has 0 radical (unpaired) electrons. The van der Waals surface area contributed by atoms with Gasteiger partial charge < -0.3 is 10.1 Å². The summed E-state index contributed by atoms with van der Waals surface area (Å²) < 4.78 is 7.19. The maximum atomic E-state index is 12.4. The van der Waals surface area contributed by atoms with E-state index in [0.29, 0.717) is 5.16 Å². The van der Waals surface area contributed by atoms with Gasteiger partial charge in [0.2, 0.25) is 5.91 Å². The van der Waals surface area contributed by atoms with Crippen LogP contribution in [0.2, 0.25) is 0 Å². The van der Waals surface area contributed by atoms with Crippen LogP contribution in [0.4, 0.5) is 5.69 Å². The summed E-state index contributed by atoms with van der Waals surface area (Å²) in [5.74, 6) is 1.80. The number of nitrogens with zero attached hydrogens (tertiary/aromatic N) is 3. The first kappa shape index (κ1) is 19.0. The van der Waals surface area contributed by atoms with Crippen LogP contribution in [0.5, 0.6) is 5.75 Å². The fraction of sp³-hybridized carbons (Fsp3) is 0.250. The lowest BCUT2D eigenvalue weighted by atomic mass is 10.2. The average molecular weight is 382 g/mol. The largest absolute Gasteiger partial charge is 0.497 e. The summed E-state index contributed by atoms with van der Waals surface area (Å²) in [6, 6.07) is 15.5. The molecule has 1 N–H and O–H groups in total. The van der Waals surface area contributed by atoms with Crippen LogP contribution in [0.1, 0.15) is 18.3 Å². The van der Waals surface area contributed by atoms with Crippen LogP contribution in [0, 0.1) is 6.92 Å². The van der Waals surface area contributed by atoms with Crippen molar-refractivity contribution in [3.63, 3.8) is 0 Å². The molecule has 0 aliphatic heterocycles. The van der Waals surface area contributed by atoms with Gasteiger partial charge in [0, 0.05) is 17.8 Å². The Morgan fingerprint density at radius 3 is 2.63 bits per heavy atom. The Hall–Kier alpha value is -2.80. The van der Waals surface area contributed by atoms with Crippen molar-refractivity contribution in [1.82, 2.24) is 14.8 Å². The van der Waals surface area contributed by atoms with Crippen molar-refractivity contribution in [3.05, 3.63) is 59.9 Å². The van der Waals surface area contributed by atoms with Crippen LogP contribution in [-0.4, -0.2) is 33.5 Å². The van der Waals surface area contributed by atoms with E-state index in [1.807, 2.05) is 66.9 Å². The molecule has 2 aromatic carbocycles. The number of carbonyl (C=O) groups excluding carboxylic acids is 1. The number of aromatic nitrogens is 3. The van der Waals surface area contributed by atoms with Gasteiger partial charge in [0.1, 0.15) is 11.6 Å². The third-order valence-electron chi connectivity index (χ3n) is 4.07. The van der Waals surface area contributed by atoms with Crippen LogP contribution in [-0.2, 0) is 11.2 Å². The van der Waals surface area contributed by atoms with Gasteiger partial charge in [0.25, 0.3) is 0 Å². The Balaban J connectivity index is 1.70. The number of ether oxygens (including phenoxy) is 1. The molecular formula is C20H22N4O2S. The van der Waals surface area contributed by atoms with Crippen LogP contribution in [0.15, 0.2) is 53.7 Å². The number of hydrogen-bond acceptors (Lipinski definition) is 5. The van der Waals surface area contributed by atoms with Crippen LogP contribution in [0.3, 0.4) is 0 Å². The van der Waals surface area contributed by atoms with Gasteiger partial charge in [0.15, 0.2) is 5.16 Å². The highest BCUT2D eigenvalue weighted by atomic mass is 32.2. The van der Waals surface area contributed by atoms with E-state index >= 15 is 0 Å². The second-order valence-electron chi connectivity index (χ2n) is 5.94. The van der Waals surface area contributed by atoms with Crippen molar-refractivity contribution in [3.8, 4) is 11.4 Å². The lowest BCUT2D eigenvalue weighted by Gasteiger charge is -2.11. The highest BCUT2D eigenvalue weighted by Gasteiger charge is 2.15. The molecule has 1 heterocycles. The maximum absolute atomic E-state index is 12.4. The van der Waals surface area contributed by atoms with E-state index in [1.54, 1.807) is 7.11 Å². The van der Waals surface area contributed by atoms with Crippen molar-refractivity contribution in [2.75, 3.05) is 18.2 Å². The first-order valence-corrected chi connectivity index (χ1v) is 9.68.